The Balaban J connectivity index is 1.43. The summed E-state index contributed by atoms with van der Waals surface area (Å²) in [5, 5.41) is 14.7. The molecule has 0 radical (unpaired) electrons. The van der Waals surface area contributed by atoms with Gasteiger partial charge in [0, 0.05) is 26.3 Å². The molecule has 8 nitrogen and oxygen atoms in total. The lowest BCUT2D eigenvalue weighted by Crippen LogP contribution is -2.42. The maximum absolute atomic E-state index is 12.8. The maximum atomic E-state index is 12.8. The molecule has 2 heterocycles. The number of aromatic nitrogens is 2. The van der Waals surface area contributed by atoms with Crippen molar-refractivity contribution in [1.29, 1.82) is 0 Å². The molecule has 0 spiro atoms. The minimum atomic E-state index is -0.621. The van der Waals surface area contributed by atoms with Gasteiger partial charge in [0.1, 0.15) is 17.5 Å². The summed E-state index contributed by atoms with van der Waals surface area (Å²) >= 11 is 0. The minimum Gasteiger partial charge on any atom is -0.488 e. The zero-order valence-corrected chi connectivity index (χ0v) is 16.5. The summed E-state index contributed by atoms with van der Waals surface area (Å²) in [5.41, 5.74) is 0.971. The molecule has 29 heavy (non-hydrogen) atoms. The molecule has 1 aliphatic heterocycles. The van der Waals surface area contributed by atoms with Crippen LogP contribution in [0.15, 0.2) is 36.5 Å². The van der Waals surface area contributed by atoms with Crippen molar-refractivity contribution in [1.82, 2.24) is 14.7 Å². The summed E-state index contributed by atoms with van der Waals surface area (Å²) in [7, 11) is 3.09. The van der Waals surface area contributed by atoms with Gasteiger partial charge in [-0.3, -0.25) is 9.48 Å². The monoisotopic (exact) mass is 399 g/mol. The number of hydrogen-bond acceptors (Lipinski definition) is 6. The Morgan fingerprint density at radius 2 is 1.93 bits per heavy atom. The second-order valence-electron chi connectivity index (χ2n) is 7.78. The highest BCUT2D eigenvalue weighted by Gasteiger charge is 2.44. The van der Waals surface area contributed by atoms with Crippen molar-refractivity contribution in [2.24, 2.45) is 18.9 Å². The first-order chi connectivity index (χ1) is 14.0. The third kappa shape index (κ3) is 3.85. The van der Waals surface area contributed by atoms with E-state index in [0.717, 1.165) is 0 Å². The number of nitrogens with zero attached hydrogens (tertiary/aromatic N) is 3. The van der Waals surface area contributed by atoms with E-state index in [-0.39, 0.29) is 23.8 Å². The molecule has 0 unspecified atom stereocenters. The van der Waals surface area contributed by atoms with E-state index in [2.05, 4.69) is 5.10 Å². The number of carbonyl (C=O) groups is 2. The fourth-order valence-electron chi connectivity index (χ4n) is 4.42. The maximum Gasteiger partial charge on any atom is 0.337 e. The Morgan fingerprint density at radius 1 is 1.17 bits per heavy atom. The number of hydrogen-bond donors (Lipinski definition) is 1. The molecule has 2 fully saturated rings. The number of aliphatic hydroxyl groups excluding tert-OH is 1. The van der Waals surface area contributed by atoms with Crippen LogP contribution in [0.3, 0.4) is 0 Å². The Bertz CT molecular complexity index is 911. The molecule has 1 amide bonds. The number of amides is 1. The van der Waals surface area contributed by atoms with Gasteiger partial charge >= 0.3 is 5.97 Å². The average Bonchev–Trinajstić information content (AvgIpc) is 3.33. The van der Waals surface area contributed by atoms with Crippen LogP contribution >= 0.6 is 0 Å². The summed E-state index contributed by atoms with van der Waals surface area (Å²) in [5.74, 6) is 0.584. The van der Waals surface area contributed by atoms with E-state index in [1.165, 1.54) is 7.11 Å². The highest BCUT2D eigenvalue weighted by Crippen LogP contribution is 2.38. The first-order valence-corrected chi connectivity index (χ1v) is 9.76. The van der Waals surface area contributed by atoms with Crippen molar-refractivity contribution in [3.8, 4) is 5.75 Å². The molecule has 1 saturated heterocycles. The quantitative estimate of drug-likeness (QED) is 0.783. The highest BCUT2D eigenvalue weighted by atomic mass is 16.5. The number of benzene rings is 1. The summed E-state index contributed by atoms with van der Waals surface area (Å²) in [6.45, 7) is 1.28. The van der Waals surface area contributed by atoms with Crippen molar-refractivity contribution < 1.29 is 24.2 Å². The summed E-state index contributed by atoms with van der Waals surface area (Å²) < 4.78 is 12.4. The molecule has 154 valence electrons. The molecule has 4 atom stereocenters. The van der Waals surface area contributed by atoms with Crippen LogP contribution in [-0.2, 0) is 11.8 Å². The molecule has 1 aromatic carbocycles. The van der Waals surface area contributed by atoms with E-state index in [4.69, 9.17) is 9.47 Å². The zero-order valence-electron chi connectivity index (χ0n) is 16.5. The SMILES string of the molecule is COC(=O)c1cccc(O[C@@H]2C[C@@H]3CN(C(=O)c4ccnn4C)C[C@@H]3C[C@H]2O)c1. The van der Waals surface area contributed by atoms with Gasteiger partial charge in [-0.2, -0.15) is 5.10 Å². The van der Waals surface area contributed by atoms with Crippen LogP contribution in [-0.4, -0.2) is 64.1 Å². The van der Waals surface area contributed by atoms with Crippen LogP contribution in [0, 0.1) is 11.8 Å². The summed E-state index contributed by atoms with van der Waals surface area (Å²) in [6.07, 6.45) is 1.86. The fourth-order valence-corrected chi connectivity index (χ4v) is 4.42. The fraction of sp³-hybridized carbons (Fsp3) is 0.476. The number of esters is 1. The van der Waals surface area contributed by atoms with Gasteiger partial charge < -0.3 is 19.5 Å². The van der Waals surface area contributed by atoms with Crippen molar-refractivity contribution in [3.63, 3.8) is 0 Å². The Hall–Kier alpha value is -2.87. The number of carbonyl (C=O) groups excluding carboxylic acids is 2. The molecule has 1 N–H and O–H groups in total. The van der Waals surface area contributed by atoms with Crippen molar-refractivity contribution in [2.45, 2.75) is 25.0 Å². The van der Waals surface area contributed by atoms with Gasteiger partial charge in [-0.25, -0.2) is 4.79 Å². The van der Waals surface area contributed by atoms with Crippen LogP contribution in [0.5, 0.6) is 5.75 Å². The second kappa shape index (κ2) is 7.87. The molecule has 1 saturated carbocycles. The Morgan fingerprint density at radius 3 is 2.62 bits per heavy atom. The molecule has 2 aliphatic rings. The highest BCUT2D eigenvalue weighted by molar-refractivity contribution is 5.92. The smallest absolute Gasteiger partial charge is 0.337 e. The Labute approximate surface area is 169 Å². The van der Waals surface area contributed by atoms with Crippen molar-refractivity contribution in [2.75, 3.05) is 20.2 Å². The number of ether oxygens (including phenoxy) is 2. The van der Waals surface area contributed by atoms with Crippen LogP contribution in [0.25, 0.3) is 0 Å². The third-order valence-electron chi connectivity index (χ3n) is 5.95. The molecular weight excluding hydrogens is 374 g/mol. The van der Waals surface area contributed by atoms with E-state index in [0.29, 0.717) is 42.9 Å². The largest absolute Gasteiger partial charge is 0.488 e. The van der Waals surface area contributed by atoms with Crippen LogP contribution in [0.2, 0.25) is 0 Å². The van der Waals surface area contributed by atoms with Crippen LogP contribution in [0.4, 0.5) is 0 Å². The van der Waals surface area contributed by atoms with Crippen molar-refractivity contribution in [3.05, 3.63) is 47.8 Å². The predicted molar refractivity (Wildman–Crippen MR) is 104 cm³/mol. The van der Waals surface area contributed by atoms with Crippen LogP contribution < -0.4 is 4.74 Å². The number of aliphatic hydroxyl groups is 1. The first kappa shape index (κ1) is 19.4. The van der Waals surface area contributed by atoms with E-state index in [9.17, 15) is 14.7 Å². The van der Waals surface area contributed by atoms with Crippen LogP contribution in [0.1, 0.15) is 33.7 Å². The average molecular weight is 399 g/mol. The molecule has 0 bridgehead atoms. The number of aryl methyl sites for hydroxylation is 1. The van der Waals surface area contributed by atoms with Gasteiger partial charge in [0.2, 0.25) is 0 Å². The molecule has 8 heteroatoms. The lowest BCUT2D eigenvalue weighted by atomic mass is 9.78. The summed E-state index contributed by atoms with van der Waals surface area (Å²) in [4.78, 5) is 26.4. The second-order valence-corrected chi connectivity index (χ2v) is 7.78. The molecule has 4 rings (SSSR count). The summed E-state index contributed by atoms with van der Waals surface area (Å²) in [6, 6.07) is 8.49. The topological polar surface area (TPSA) is 93.9 Å². The lowest BCUT2D eigenvalue weighted by Gasteiger charge is -2.35. The third-order valence-corrected chi connectivity index (χ3v) is 5.95. The minimum absolute atomic E-state index is 0.0304. The number of methoxy groups -OCH3 is 1. The number of fused-ring (bicyclic) bond motifs is 1. The number of likely N-dealkylation sites (tertiary alicyclic amines) is 1. The normalized spacial score (nSPS) is 26.1. The van der Waals surface area contributed by atoms with Gasteiger partial charge in [-0.15, -0.1) is 0 Å². The van der Waals surface area contributed by atoms with Gasteiger partial charge in [0.15, 0.2) is 0 Å². The van der Waals surface area contributed by atoms with E-state index < -0.39 is 12.1 Å². The standard InChI is InChI=1S/C21H25N3O5/c1-23-17(6-7-22-23)20(26)24-11-14-9-18(25)19(10-15(14)12-24)29-16-5-3-4-13(8-16)21(27)28-2/h3-8,14-15,18-19,25H,9-12H2,1-2H3/t14-,15+,18+,19+/m0/s1. The van der Waals surface area contributed by atoms with E-state index >= 15 is 0 Å². The molecular formula is C21H25N3O5. The molecule has 1 aromatic heterocycles. The van der Waals surface area contributed by atoms with Gasteiger partial charge in [0.25, 0.3) is 5.91 Å². The molecule has 2 aromatic rings. The Kier molecular flexibility index (Phi) is 5.27. The predicted octanol–water partition coefficient (Wildman–Crippen LogP) is 1.50. The zero-order chi connectivity index (χ0) is 20.5. The number of rotatable bonds is 4. The van der Waals surface area contributed by atoms with E-state index in [1.54, 1.807) is 48.3 Å². The van der Waals surface area contributed by atoms with Gasteiger partial charge in [0.05, 0.1) is 18.8 Å². The lowest BCUT2D eigenvalue weighted by molar-refractivity contribution is -0.0231. The molecule has 1 aliphatic carbocycles. The van der Waals surface area contributed by atoms with E-state index in [1.807, 2.05) is 4.90 Å². The first-order valence-electron chi connectivity index (χ1n) is 9.76. The van der Waals surface area contributed by atoms with Gasteiger partial charge in [-0.1, -0.05) is 6.07 Å². The van der Waals surface area contributed by atoms with Crippen molar-refractivity contribution >= 4 is 11.9 Å². The van der Waals surface area contributed by atoms with Gasteiger partial charge in [-0.05, 0) is 48.9 Å².